The SMILES string of the molecule is OC(c1ccc(Cl)cc1)c1nc(-c2ccncc2)sc1-c1ncn[nH]1. The van der Waals surface area contributed by atoms with Gasteiger partial charge in [-0.25, -0.2) is 9.97 Å². The van der Waals surface area contributed by atoms with Crippen LogP contribution in [0.2, 0.25) is 5.02 Å². The first-order valence-corrected chi connectivity index (χ1v) is 8.62. The smallest absolute Gasteiger partial charge is 0.167 e. The molecule has 0 radical (unpaired) electrons. The van der Waals surface area contributed by atoms with Gasteiger partial charge in [-0.3, -0.25) is 10.1 Å². The van der Waals surface area contributed by atoms with Crippen LogP contribution in [0, 0.1) is 0 Å². The molecule has 3 aromatic heterocycles. The Hall–Kier alpha value is -2.61. The Morgan fingerprint density at radius 1 is 1.08 bits per heavy atom. The highest BCUT2D eigenvalue weighted by Gasteiger charge is 2.23. The van der Waals surface area contributed by atoms with Crippen LogP contribution in [0.1, 0.15) is 17.4 Å². The van der Waals surface area contributed by atoms with Gasteiger partial charge in [-0.05, 0) is 29.8 Å². The van der Waals surface area contributed by atoms with Crippen LogP contribution in [0.3, 0.4) is 0 Å². The molecule has 2 N–H and O–H groups in total. The highest BCUT2D eigenvalue weighted by Crippen LogP contribution is 2.38. The molecule has 0 amide bonds. The fraction of sp³-hybridized carbons (Fsp3) is 0.0588. The maximum Gasteiger partial charge on any atom is 0.167 e. The van der Waals surface area contributed by atoms with Crippen LogP contribution < -0.4 is 0 Å². The molecule has 124 valence electrons. The molecule has 6 nitrogen and oxygen atoms in total. The normalized spacial score (nSPS) is 12.2. The third-order valence-electron chi connectivity index (χ3n) is 3.66. The number of rotatable bonds is 4. The number of thiazole rings is 1. The summed E-state index contributed by atoms with van der Waals surface area (Å²) in [6.07, 6.45) is 3.95. The Morgan fingerprint density at radius 3 is 2.52 bits per heavy atom. The Kier molecular flexibility index (Phi) is 4.27. The van der Waals surface area contributed by atoms with E-state index < -0.39 is 6.10 Å². The fourth-order valence-corrected chi connectivity index (χ4v) is 3.60. The number of H-pyrrole nitrogens is 1. The maximum atomic E-state index is 10.8. The van der Waals surface area contributed by atoms with E-state index in [0.29, 0.717) is 22.1 Å². The van der Waals surface area contributed by atoms with Crippen molar-refractivity contribution in [2.75, 3.05) is 0 Å². The molecule has 0 bridgehead atoms. The first-order valence-electron chi connectivity index (χ1n) is 7.43. The van der Waals surface area contributed by atoms with Crippen molar-refractivity contribution in [3.05, 3.63) is 71.4 Å². The lowest BCUT2D eigenvalue weighted by molar-refractivity contribution is 0.216. The summed E-state index contributed by atoms with van der Waals surface area (Å²) in [6, 6.07) is 10.8. The van der Waals surface area contributed by atoms with E-state index in [1.54, 1.807) is 36.7 Å². The summed E-state index contributed by atoms with van der Waals surface area (Å²) in [5, 5.41) is 19.0. The van der Waals surface area contributed by atoms with E-state index in [4.69, 9.17) is 11.6 Å². The Labute approximate surface area is 152 Å². The number of hydrogen-bond acceptors (Lipinski definition) is 6. The summed E-state index contributed by atoms with van der Waals surface area (Å²) >= 11 is 7.37. The van der Waals surface area contributed by atoms with Crippen molar-refractivity contribution in [1.82, 2.24) is 25.1 Å². The summed E-state index contributed by atoms with van der Waals surface area (Å²) in [5.74, 6) is 0.570. The second-order valence-corrected chi connectivity index (χ2v) is 6.69. The number of pyridine rings is 1. The van der Waals surface area contributed by atoms with Crippen molar-refractivity contribution in [2.45, 2.75) is 6.10 Å². The van der Waals surface area contributed by atoms with E-state index in [1.165, 1.54) is 17.7 Å². The quantitative estimate of drug-likeness (QED) is 0.572. The summed E-state index contributed by atoms with van der Waals surface area (Å²) in [7, 11) is 0. The van der Waals surface area contributed by atoms with Gasteiger partial charge in [0.1, 0.15) is 17.4 Å². The van der Waals surface area contributed by atoms with Crippen LogP contribution in [0.25, 0.3) is 21.3 Å². The largest absolute Gasteiger partial charge is 0.382 e. The minimum absolute atomic E-state index is 0.524. The lowest BCUT2D eigenvalue weighted by Crippen LogP contribution is -2.02. The van der Waals surface area contributed by atoms with Crippen LogP contribution in [0.4, 0.5) is 0 Å². The molecular weight excluding hydrogens is 358 g/mol. The van der Waals surface area contributed by atoms with Crippen molar-refractivity contribution in [3.63, 3.8) is 0 Å². The minimum Gasteiger partial charge on any atom is -0.382 e. The average molecular weight is 370 g/mol. The summed E-state index contributed by atoms with van der Waals surface area (Å²) < 4.78 is 0. The predicted octanol–water partition coefficient (Wildman–Crippen LogP) is 3.73. The van der Waals surface area contributed by atoms with Gasteiger partial charge in [0, 0.05) is 23.0 Å². The number of benzene rings is 1. The van der Waals surface area contributed by atoms with Gasteiger partial charge < -0.3 is 5.11 Å². The molecule has 0 aliphatic rings. The highest BCUT2D eigenvalue weighted by atomic mass is 35.5. The standard InChI is InChI=1S/C17H12ClN5OS/c18-12-3-1-10(2-4-12)14(24)13-15(16-20-9-21-23-16)25-17(22-13)11-5-7-19-8-6-11/h1-9,14,24H,(H,20,21,23). The number of hydrogen-bond donors (Lipinski definition) is 2. The van der Waals surface area contributed by atoms with E-state index >= 15 is 0 Å². The van der Waals surface area contributed by atoms with Gasteiger partial charge in [-0.15, -0.1) is 11.3 Å². The fourth-order valence-electron chi connectivity index (χ4n) is 2.42. The van der Waals surface area contributed by atoms with Gasteiger partial charge in [-0.1, -0.05) is 23.7 Å². The Bertz CT molecular complexity index is 970. The summed E-state index contributed by atoms with van der Waals surface area (Å²) in [6.45, 7) is 0. The van der Waals surface area contributed by atoms with E-state index in [1.807, 2.05) is 12.1 Å². The van der Waals surface area contributed by atoms with Crippen LogP contribution >= 0.6 is 22.9 Å². The molecule has 4 aromatic rings. The molecule has 0 saturated heterocycles. The number of aliphatic hydroxyl groups is 1. The first-order chi connectivity index (χ1) is 12.2. The lowest BCUT2D eigenvalue weighted by atomic mass is 10.1. The van der Waals surface area contributed by atoms with Crippen LogP contribution in [-0.4, -0.2) is 30.3 Å². The number of aromatic nitrogens is 5. The van der Waals surface area contributed by atoms with E-state index in [-0.39, 0.29) is 0 Å². The molecule has 4 rings (SSSR count). The summed E-state index contributed by atoms with van der Waals surface area (Å²) in [5.41, 5.74) is 2.16. The monoisotopic (exact) mass is 369 g/mol. The zero-order valence-electron chi connectivity index (χ0n) is 12.8. The van der Waals surface area contributed by atoms with E-state index in [9.17, 15) is 5.11 Å². The van der Waals surface area contributed by atoms with Gasteiger partial charge in [0.2, 0.25) is 0 Å². The van der Waals surface area contributed by atoms with E-state index in [2.05, 4.69) is 25.1 Å². The number of aromatic amines is 1. The highest BCUT2D eigenvalue weighted by molar-refractivity contribution is 7.18. The molecule has 3 heterocycles. The van der Waals surface area contributed by atoms with Crippen molar-refractivity contribution in [2.24, 2.45) is 0 Å². The number of nitrogens with zero attached hydrogens (tertiary/aromatic N) is 4. The molecular formula is C17H12ClN5OS. The molecule has 0 aliphatic heterocycles. The summed E-state index contributed by atoms with van der Waals surface area (Å²) in [4.78, 5) is 13.6. The second kappa shape index (κ2) is 6.72. The topological polar surface area (TPSA) is 87.6 Å². The molecule has 0 saturated carbocycles. The van der Waals surface area contributed by atoms with Gasteiger partial charge >= 0.3 is 0 Å². The second-order valence-electron chi connectivity index (χ2n) is 5.26. The Balaban J connectivity index is 1.82. The first kappa shape index (κ1) is 15.9. The van der Waals surface area contributed by atoms with Gasteiger partial charge in [-0.2, -0.15) is 5.10 Å². The zero-order chi connectivity index (χ0) is 17.2. The molecule has 0 fully saturated rings. The number of aliphatic hydroxyl groups excluding tert-OH is 1. The number of halogens is 1. The Morgan fingerprint density at radius 2 is 1.84 bits per heavy atom. The third-order valence-corrected chi connectivity index (χ3v) is 5.03. The molecule has 1 atom stereocenters. The molecule has 1 unspecified atom stereocenters. The molecule has 0 aliphatic carbocycles. The molecule has 0 spiro atoms. The van der Waals surface area contributed by atoms with Crippen molar-refractivity contribution in [3.8, 4) is 21.3 Å². The van der Waals surface area contributed by atoms with Crippen LogP contribution in [0.5, 0.6) is 0 Å². The van der Waals surface area contributed by atoms with Crippen LogP contribution in [0.15, 0.2) is 55.1 Å². The minimum atomic E-state index is -0.899. The zero-order valence-corrected chi connectivity index (χ0v) is 14.4. The average Bonchev–Trinajstić information content (AvgIpc) is 3.32. The van der Waals surface area contributed by atoms with Gasteiger partial charge in [0.25, 0.3) is 0 Å². The van der Waals surface area contributed by atoms with Crippen molar-refractivity contribution in [1.29, 1.82) is 0 Å². The number of nitrogens with one attached hydrogen (secondary N) is 1. The van der Waals surface area contributed by atoms with Crippen molar-refractivity contribution < 1.29 is 5.11 Å². The molecule has 25 heavy (non-hydrogen) atoms. The van der Waals surface area contributed by atoms with Crippen LogP contribution in [-0.2, 0) is 0 Å². The molecule has 8 heteroatoms. The lowest BCUT2D eigenvalue weighted by Gasteiger charge is -2.10. The van der Waals surface area contributed by atoms with Crippen molar-refractivity contribution >= 4 is 22.9 Å². The third kappa shape index (κ3) is 3.17. The van der Waals surface area contributed by atoms with Gasteiger partial charge in [0.15, 0.2) is 5.82 Å². The van der Waals surface area contributed by atoms with E-state index in [0.717, 1.165) is 15.4 Å². The molecule has 1 aromatic carbocycles. The predicted molar refractivity (Wildman–Crippen MR) is 96.2 cm³/mol. The maximum absolute atomic E-state index is 10.8. The van der Waals surface area contributed by atoms with Gasteiger partial charge in [0.05, 0.1) is 10.6 Å².